The summed E-state index contributed by atoms with van der Waals surface area (Å²) in [6.07, 6.45) is 2.51. The van der Waals surface area contributed by atoms with Gasteiger partial charge in [0.25, 0.3) is 0 Å². The molecule has 1 aliphatic rings. The van der Waals surface area contributed by atoms with Crippen LogP contribution >= 0.6 is 0 Å². The maximum Gasteiger partial charge on any atom is 0.222 e. The zero-order chi connectivity index (χ0) is 17.1. The molecule has 1 aliphatic heterocycles. The fourth-order valence-electron chi connectivity index (χ4n) is 3.36. The lowest BCUT2D eigenvalue weighted by Crippen LogP contribution is -2.33. The first-order valence-electron chi connectivity index (χ1n) is 8.22. The van der Waals surface area contributed by atoms with Crippen molar-refractivity contribution < 1.29 is 0 Å². The molecule has 124 valence electrons. The summed E-state index contributed by atoms with van der Waals surface area (Å²) in [4.78, 5) is 10.6. The topological polar surface area (TPSA) is 105 Å². The molecule has 0 saturated carbocycles. The Labute approximate surface area is 142 Å². The van der Waals surface area contributed by atoms with Crippen LogP contribution in [0, 0.1) is 17.2 Å². The maximum atomic E-state index is 9.44. The van der Waals surface area contributed by atoms with Gasteiger partial charge < -0.3 is 11.5 Å². The van der Waals surface area contributed by atoms with E-state index in [1.54, 1.807) is 0 Å². The number of hydrogen-bond acceptors (Lipinski definition) is 6. The molecular weight excluding hydrogens is 300 g/mol. The van der Waals surface area contributed by atoms with E-state index in [-0.39, 0.29) is 17.3 Å². The van der Waals surface area contributed by atoms with Crippen molar-refractivity contribution in [2.24, 2.45) is 5.92 Å². The molecule has 1 aromatic carbocycles. The molecule has 1 saturated heterocycles. The fourth-order valence-corrected chi connectivity index (χ4v) is 3.36. The van der Waals surface area contributed by atoms with E-state index in [2.05, 4.69) is 33.9 Å². The number of rotatable bonds is 3. The van der Waals surface area contributed by atoms with E-state index >= 15 is 0 Å². The van der Waals surface area contributed by atoms with Gasteiger partial charge in [-0.25, -0.2) is 4.98 Å². The maximum absolute atomic E-state index is 9.44. The van der Waals surface area contributed by atoms with Crippen LogP contribution < -0.4 is 11.5 Å². The molecule has 2 aromatic rings. The highest BCUT2D eigenvalue weighted by Gasteiger charge is 2.20. The Morgan fingerprint density at radius 3 is 2.83 bits per heavy atom. The van der Waals surface area contributed by atoms with E-state index in [0.29, 0.717) is 11.6 Å². The Kier molecular flexibility index (Phi) is 4.63. The fraction of sp³-hybridized carbons (Fsp3) is 0.389. The predicted octanol–water partition coefficient (Wildman–Crippen LogP) is 2.41. The molecule has 1 aromatic heterocycles. The number of aromatic nitrogens is 2. The summed E-state index contributed by atoms with van der Waals surface area (Å²) in [5, 5.41) is 9.44. The van der Waals surface area contributed by atoms with Crippen molar-refractivity contribution in [3.05, 3.63) is 35.4 Å². The minimum atomic E-state index is 0.0860. The van der Waals surface area contributed by atoms with Gasteiger partial charge in [0.2, 0.25) is 5.95 Å². The first kappa shape index (κ1) is 16.2. The van der Waals surface area contributed by atoms with Gasteiger partial charge in [0.15, 0.2) is 0 Å². The van der Waals surface area contributed by atoms with E-state index in [1.807, 2.05) is 18.2 Å². The van der Waals surface area contributed by atoms with Crippen LogP contribution in [-0.2, 0) is 6.54 Å². The Bertz CT molecular complexity index is 780. The monoisotopic (exact) mass is 322 g/mol. The predicted molar refractivity (Wildman–Crippen MR) is 94.7 cm³/mol. The average molecular weight is 322 g/mol. The minimum Gasteiger partial charge on any atom is -0.382 e. The Morgan fingerprint density at radius 2 is 2.08 bits per heavy atom. The normalized spacial score (nSPS) is 18.2. The van der Waals surface area contributed by atoms with Crippen LogP contribution in [0.2, 0.25) is 0 Å². The number of piperidine rings is 1. The Morgan fingerprint density at radius 1 is 1.29 bits per heavy atom. The number of nitriles is 1. The standard InChI is InChI=1S/C18H22N6/c1-12-5-4-8-24(10-12)11-13-6-2-3-7-14(13)16-15(9-19)17(20)23-18(21)22-16/h2-3,6-7,12H,4-5,8,10-11H2,1H3,(H4,20,21,22,23). The van der Waals surface area contributed by atoms with Crippen LogP contribution in [0.3, 0.4) is 0 Å². The Balaban J connectivity index is 2.00. The summed E-state index contributed by atoms with van der Waals surface area (Å²) in [6.45, 7) is 5.30. The van der Waals surface area contributed by atoms with Gasteiger partial charge in [-0.1, -0.05) is 31.2 Å². The second-order valence-corrected chi connectivity index (χ2v) is 6.44. The molecule has 6 nitrogen and oxygen atoms in total. The molecule has 24 heavy (non-hydrogen) atoms. The summed E-state index contributed by atoms with van der Waals surface area (Å²) in [5.41, 5.74) is 14.4. The lowest BCUT2D eigenvalue weighted by molar-refractivity contribution is 0.177. The highest BCUT2D eigenvalue weighted by molar-refractivity contribution is 5.75. The van der Waals surface area contributed by atoms with Crippen LogP contribution in [0.25, 0.3) is 11.3 Å². The van der Waals surface area contributed by atoms with Gasteiger partial charge in [0.05, 0.1) is 5.69 Å². The largest absolute Gasteiger partial charge is 0.382 e. The van der Waals surface area contributed by atoms with E-state index in [0.717, 1.165) is 30.8 Å². The van der Waals surface area contributed by atoms with E-state index in [9.17, 15) is 5.26 Å². The lowest BCUT2D eigenvalue weighted by Gasteiger charge is -2.31. The molecule has 1 fully saturated rings. The number of nitrogens with two attached hydrogens (primary N) is 2. The highest BCUT2D eigenvalue weighted by Crippen LogP contribution is 2.29. The third kappa shape index (κ3) is 3.31. The summed E-state index contributed by atoms with van der Waals surface area (Å²) < 4.78 is 0. The summed E-state index contributed by atoms with van der Waals surface area (Å²) in [5.74, 6) is 0.926. The minimum absolute atomic E-state index is 0.0860. The van der Waals surface area contributed by atoms with Crippen molar-refractivity contribution in [2.45, 2.75) is 26.3 Å². The first-order valence-corrected chi connectivity index (χ1v) is 8.22. The van der Waals surface area contributed by atoms with Gasteiger partial charge in [-0.15, -0.1) is 0 Å². The number of anilines is 2. The van der Waals surface area contributed by atoms with E-state index in [4.69, 9.17) is 11.5 Å². The molecule has 4 N–H and O–H groups in total. The van der Waals surface area contributed by atoms with Crippen molar-refractivity contribution in [1.29, 1.82) is 5.26 Å². The smallest absolute Gasteiger partial charge is 0.222 e. The molecule has 0 bridgehead atoms. The van der Waals surface area contributed by atoms with Gasteiger partial charge in [0.1, 0.15) is 17.5 Å². The summed E-state index contributed by atoms with van der Waals surface area (Å²) in [7, 11) is 0. The Hall–Kier alpha value is -2.65. The first-order chi connectivity index (χ1) is 11.6. The van der Waals surface area contributed by atoms with Crippen LogP contribution in [0.1, 0.15) is 30.9 Å². The molecule has 0 radical (unpaired) electrons. The van der Waals surface area contributed by atoms with Crippen LogP contribution in [0.15, 0.2) is 24.3 Å². The van der Waals surface area contributed by atoms with Crippen molar-refractivity contribution in [3.63, 3.8) is 0 Å². The number of nitrogen functional groups attached to an aromatic ring is 2. The van der Waals surface area contributed by atoms with Crippen LogP contribution in [0.4, 0.5) is 11.8 Å². The van der Waals surface area contributed by atoms with E-state index < -0.39 is 0 Å². The lowest BCUT2D eigenvalue weighted by atomic mass is 9.97. The van der Waals surface area contributed by atoms with Gasteiger partial charge in [-0.05, 0) is 30.9 Å². The molecule has 0 amide bonds. The number of likely N-dealkylation sites (tertiary alicyclic amines) is 1. The van der Waals surface area contributed by atoms with Crippen molar-refractivity contribution in [3.8, 4) is 17.3 Å². The van der Waals surface area contributed by atoms with Crippen molar-refractivity contribution in [2.75, 3.05) is 24.6 Å². The zero-order valence-corrected chi connectivity index (χ0v) is 13.9. The second-order valence-electron chi connectivity index (χ2n) is 6.44. The molecule has 2 heterocycles. The summed E-state index contributed by atoms with van der Waals surface area (Å²) in [6, 6.07) is 10.1. The molecule has 1 atom stereocenters. The third-order valence-electron chi connectivity index (χ3n) is 4.47. The number of nitrogens with zero attached hydrogens (tertiary/aromatic N) is 4. The van der Waals surface area contributed by atoms with Crippen LogP contribution in [-0.4, -0.2) is 28.0 Å². The number of hydrogen-bond donors (Lipinski definition) is 2. The molecular formula is C18H22N6. The van der Waals surface area contributed by atoms with Gasteiger partial charge in [0, 0.05) is 18.7 Å². The van der Waals surface area contributed by atoms with Crippen molar-refractivity contribution in [1.82, 2.24) is 14.9 Å². The molecule has 1 unspecified atom stereocenters. The molecule has 3 rings (SSSR count). The average Bonchev–Trinajstić information content (AvgIpc) is 2.55. The van der Waals surface area contributed by atoms with Crippen molar-refractivity contribution >= 4 is 11.8 Å². The highest BCUT2D eigenvalue weighted by atomic mass is 15.1. The van der Waals surface area contributed by atoms with Gasteiger partial charge >= 0.3 is 0 Å². The summed E-state index contributed by atoms with van der Waals surface area (Å²) >= 11 is 0. The van der Waals surface area contributed by atoms with Gasteiger partial charge in [-0.2, -0.15) is 10.2 Å². The van der Waals surface area contributed by atoms with Crippen LogP contribution in [0.5, 0.6) is 0 Å². The van der Waals surface area contributed by atoms with Gasteiger partial charge in [-0.3, -0.25) is 4.90 Å². The second kappa shape index (κ2) is 6.85. The molecule has 0 spiro atoms. The molecule has 6 heteroatoms. The SMILES string of the molecule is CC1CCCN(Cc2ccccc2-c2nc(N)nc(N)c2C#N)C1. The molecule has 0 aliphatic carbocycles. The number of benzene rings is 1. The van der Waals surface area contributed by atoms with E-state index in [1.165, 1.54) is 12.8 Å². The quantitative estimate of drug-likeness (QED) is 0.899. The third-order valence-corrected chi connectivity index (χ3v) is 4.47. The zero-order valence-electron chi connectivity index (χ0n) is 13.9.